The highest BCUT2D eigenvalue weighted by Gasteiger charge is 2.47. The minimum absolute atomic E-state index is 0.0968. The Labute approximate surface area is 174 Å². The van der Waals surface area contributed by atoms with Gasteiger partial charge in [0, 0.05) is 18.7 Å². The number of nitrogens with one attached hydrogen (secondary N) is 2. The summed E-state index contributed by atoms with van der Waals surface area (Å²) < 4.78 is 67.8. The first-order valence-electron chi connectivity index (χ1n) is 9.55. The van der Waals surface area contributed by atoms with Crippen molar-refractivity contribution in [3.05, 3.63) is 34.4 Å². The molecule has 2 aliphatic rings. The van der Waals surface area contributed by atoms with Crippen LogP contribution >= 0.6 is 11.6 Å². The Morgan fingerprint density at radius 1 is 1.30 bits per heavy atom. The number of nitrogens with zero attached hydrogens (tertiary/aromatic N) is 1. The lowest BCUT2D eigenvalue weighted by Crippen LogP contribution is -2.58. The molecule has 1 heterocycles. The van der Waals surface area contributed by atoms with E-state index in [9.17, 15) is 31.5 Å². The van der Waals surface area contributed by atoms with Gasteiger partial charge in [0.2, 0.25) is 5.91 Å². The second-order valence-electron chi connectivity index (χ2n) is 7.66. The lowest BCUT2D eigenvalue weighted by molar-refractivity contribution is -0.173. The lowest BCUT2D eigenvalue weighted by atomic mass is 9.90. The molecule has 0 aromatic heterocycles. The Balaban J connectivity index is 1.90. The van der Waals surface area contributed by atoms with Gasteiger partial charge in [-0.05, 0) is 38.2 Å². The smallest absolute Gasteiger partial charge is 0.353 e. The molecule has 1 aromatic rings. The van der Waals surface area contributed by atoms with E-state index >= 15 is 0 Å². The van der Waals surface area contributed by atoms with Crippen molar-refractivity contribution < 1.29 is 31.5 Å². The third-order valence-electron chi connectivity index (χ3n) is 5.85. The van der Waals surface area contributed by atoms with Crippen LogP contribution in [0.4, 0.5) is 26.7 Å². The highest BCUT2D eigenvalue weighted by atomic mass is 35.5. The number of amides is 3. The average Bonchev–Trinajstić information content (AvgIpc) is 3.17. The van der Waals surface area contributed by atoms with Gasteiger partial charge in [-0.25, -0.2) is 13.6 Å². The molecule has 1 aliphatic heterocycles. The van der Waals surface area contributed by atoms with Gasteiger partial charge in [-0.1, -0.05) is 17.7 Å². The molecule has 0 spiro atoms. The summed E-state index contributed by atoms with van der Waals surface area (Å²) in [6, 6.07) is -0.674. The van der Waals surface area contributed by atoms with Crippen LogP contribution in [0.2, 0.25) is 5.02 Å². The van der Waals surface area contributed by atoms with Crippen molar-refractivity contribution in [1.29, 1.82) is 0 Å². The van der Waals surface area contributed by atoms with Gasteiger partial charge in [0.05, 0.1) is 12.0 Å². The molecule has 3 unspecified atom stereocenters. The van der Waals surface area contributed by atoms with Crippen LogP contribution in [0.15, 0.2) is 12.1 Å². The first-order chi connectivity index (χ1) is 14.0. The van der Waals surface area contributed by atoms with Gasteiger partial charge < -0.3 is 15.5 Å². The highest BCUT2D eigenvalue weighted by Crippen LogP contribution is 2.46. The normalized spacial score (nSPS) is 25.8. The topological polar surface area (TPSA) is 61.4 Å². The van der Waals surface area contributed by atoms with E-state index in [0.29, 0.717) is 0 Å². The van der Waals surface area contributed by atoms with Crippen molar-refractivity contribution >= 4 is 23.5 Å². The summed E-state index contributed by atoms with van der Waals surface area (Å²) in [5, 5.41) is 4.38. The van der Waals surface area contributed by atoms with Crippen molar-refractivity contribution in [2.75, 3.05) is 13.1 Å². The zero-order valence-electron chi connectivity index (χ0n) is 16.0. The minimum Gasteiger partial charge on any atom is -0.353 e. The molecule has 11 heteroatoms. The molecule has 30 heavy (non-hydrogen) atoms. The van der Waals surface area contributed by atoms with Gasteiger partial charge in [0.25, 0.3) is 0 Å². The number of piperazine rings is 1. The van der Waals surface area contributed by atoms with Gasteiger partial charge in [0.1, 0.15) is 22.7 Å². The Bertz CT molecular complexity index is 835. The third-order valence-corrected chi connectivity index (χ3v) is 6.19. The summed E-state index contributed by atoms with van der Waals surface area (Å²) >= 11 is 5.66. The molecule has 4 atom stereocenters. The van der Waals surface area contributed by atoms with Crippen LogP contribution in [-0.2, 0) is 4.79 Å². The molecule has 0 bridgehead atoms. The molecule has 2 fully saturated rings. The van der Waals surface area contributed by atoms with E-state index in [1.54, 1.807) is 0 Å². The third kappa shape index (κ3) is 4.48. The van der Waals surface area contributed by atoms with Crippen molar-refractivity contribution in [2.45, 2.75) is 44.4 Å². The quantitative estimate of drug-likeness (QED) is 0.533. The molecule has 3 amide bonds. The molecule has 3 rings (SSSR count). The van der Waals surface area contributed by atoms with E-state index < -0.39 is 52.8 Å². The van der Waals surface area contributed by atoms with Crippen LogP contribution in [0.1, 0.15) is 37.8 Å². The maximum atomic E-state index is 14.7. The summed E-state index contributed by atoms with van der Waals surface area (Å²) in [6.45, 7) is 1.92. The second-order valence-corrected chi connectivity index (χ2v) is 8.04. The number of hydrogen-bond acceptors (Lipinski definition) is 2. The zero-order chi connectivity index (χ0) is 22.2. The number of urea groups is 1. The van der Waals surface area contributed by atoms with Crippen LogP contribution < -0.4 is 10.6 Å². The molecule has 5 nitrogen and oxygen atoms in total. The van der Waals surface area contributed by atoms with E-state index in [2.05, 4.69) is 10.6 Å². The van der Waals surface area contributed by atoms with Crippen LogP contribution in [0, 0.1) is 23.5 Å². The molecule has 1 saturated carbocycles. The maximum Gasteiger partial charge on any atom is 0.391 e. The van der Waals surface area contributed by atoms with Crippen LogP contribution in [0.25, 0.3) is 0 Å². The molecule has 2 N–H and O–H groups in total. The second kappa shape index (κ2) is 8.56. The van der Waals surface area contributed by atoms with Gasteiger partial charge in [-0.15, -0.1) is 0 Å². The van der Waals surface area contributed by atoms with Crippen LogP contribution in [0.3, 0.4) is 0 Å². The van der Waals surface area contributed by atoms with Crippen molar-refractivity contribution in [3.8, 4) is 0 Å². The number of rotatable bonds is 3. The summed E-state index contributed by atoms with van der Waals surface area (Å²) in [6.07, 6.45) is -4.76. The van der Waals surface area contributed by atoms with E-state index in [4.69, 9.17) is 11.6 Å². The molecule has 1 saturated heterocycles. The van der Waals surface area contributed by atoms with Crippen LogP contribution in [0.5, 0.6) is 0 Å². The van der Waals surface area contributed by atoms with Crippen molar-refractivity contribution in [2.24, 2.45) is 11.8 Å². The van der Waals surface area contributed by atoms with Gasteiger partial charge in [-0.2, -0.15) is 13.2 Å². The van der Waals surface area contributed by atoms with E-state index in [0.717, 1.165) is 12.1 Å². The molecule has 1 aliphatic carbocycles. The number of carbonyl (C=O) groups excluding carboxylic acids is 2. The first-order valence-corrected chi connectivity index (χ1v) is 9.93. The van der Waals surface area contributed by atoms with Crippen LogP contribution in [-0.4, -0.2) is 42.1 Å². The fourth-order valence-corrected chi connectivity index (χ4v) is 4.29. The monoisotopic (exact) mass is 453 g/mol. The molecule has 166 valence electrons. The Kier molecular flexibility index (Phi) is 6.45. The highest BCUT2D eigenvalue weighted by molar-refractivity contribution is 6.31. The first kappa shape index (κ1) is 22.6. The van der Waals surface area contributed by atoms with E-state index in [1.807, 2.05) is 0 Å². The van der Waals surface area contributed by atoms with Gasteiger partial charge >= 0.3 is 12.2 Å². The number of hydrogen-bond donors (Lipinski definition) is 2. The Morgan fingerprint density at radius 2 is 2.00 bits per heavy atom. The Morgan fingerprint density at radius 3 is 2.63 bits per heavy atom. The SMILES string of the molecule is C[C@@H]1C(=O)NCCN1C(=O)NC(c1ccc(F)c(Cl)c1F)C1CCC(C(F)(F)F)C1. The fraction of sp³-hybridized carbons (Fsp3) is 0.579. The van der Waals surface area contributed by atoms with Gasteiger partial charge in [0.15, 0.2) is 0 Å². The van der Waals surface area contributed by atoms with Gasteiger partial charge in [-0.3, -0.25) is 4.79 Å². The minimum atomic E-state index is -4.40. The number of carbonyl (C=O) groups is 2. The number of halogens is 6. The summed E-state index contributed by atoms with van der Waals surface area (Å²) in [5.74, 6) is -4.81. The molecular weight excluding hydrogens is 433 g/mol. The average molecular weight is 454 g/mol. The molecule has 1 aromatic carbocycles. The number of alkyl halides is 3. The predicted molar refractivity (Wildman–Crippen MR) is 98.7 cm³/mol. The zero-order valence-corrected chi connectivity index (χ0v) is 16.8. The van der Waals surface area contributed by atoms with E-state index in [-0.39, 0.29) is 43.8 Å². The fourth-order valence-electron chi connectivity index (χ4n) is 4.12. The largest absolute Gasteiger partial charge is 0.391 e. The summed E-state index contributed by atoms with van der Waals surface area (Å²) in [4.78, 5) is 25.9. The standard InChI is InChI=1S/C19H21ClF5N3O2/c1-9-17(29)26-6-7-28(9)18(30)27-16(10-2-3-11(8-10)19(23,24)25)12-4-5-13(21)14(20)15(12)22/h4-5,9-11,16H,2-3,6-8H2,1H3,(H,26,29)(H,27,30)/t9-,10?,11?,16?/m1/s1. The van der Waals surface area contributed by atoms with Crippen molar-refractivity contribution in [3.63, 3.8) is 0 Å². The summed E-state index contributed by atoms with van der Waals surface area (Å²) in [5.41, 5.74) is -0.184. The van der Waals surface area contributed by atoms with Crippen molar-refractivity contribution in [1.82, 2.24) is 15.5 Å². The molecular formula is C19H21ClF5N3O2. The lowest BCUT2D eigenvalue weighted by Gasteiger charge is -2.35. The Hall–Kier alpha value is -2.10. The number of benzene rings is 1. The summed E-state index contributed by atoms with van der Waals surface area (Å²) in [7, 11) is 0. The maximum absolute atomic E-state index is 14.7. The van der Waals surface area contributed by atoms with E-state index in [1.165, 1.54) is 11.8 Å². The molecule has 0 radical (unpaired) electrons. The predicted octanol–water partition coefficient (Wildman–Crippen LogP) is 4.17.